The zero-order valence-electron chi connectivity index (χ0n) is 13.0. The summed E-state index contributed by atoms with van der Waals surface area (Å²) in [5, 5.41) is 3.44. The molecular formula is C17H22N4O. The van der Waals surface area contributed by atoms with E-state index in [-0.39, 0.29) is 0 Å². The monoisotopic (exact) mass is 298 g/mol. The van der Waals surface area contributed by atoms with Crippen LogP contribution in [-0.4, -0.2) is 28.6 Å². The summed E-state index contributed by atoms with van der Waals surface area (Å²) in [5.74, 6) is 2.78. The molecule has 0 unspecified atom stereocenters. The number of nitrogens with one attached hydrogen (secondary N) is 1. The number of hydrogen-bond acceptors (Lipinski definition) is 5. The van der Waals surface area contributed by atoms with Crippen LogP contribution < -0.4 is 10.1 Å². The van der Waals surface area contributed by atoms with E-state index in [1.54, 1.807) is 19.5 Å². The van der Waals surface area contributed by atoms with E-state index in [2.05, 4.69) is 20.3 Å². The summed E-state index contributed by atoms with van der Waals surface area (Å²) in [6, 6.07) is 5.73. The van der Waals surface area contributed by atoms with Gasteiger partial charge in [0, 0.05) is 12.7 Å². The number of nitrogens with zero attached hydrogens (tertiary/aromatic N) is 3. The van der Waals surface area contributed by atoms with Gasteiger partial charge in [0.1, 0.15) is 5.69 Å². The number of anilines is 1. The van der Waals surface area contributed by atoms with Gasteiger partial charge < -0.3 is 10.1 Å². The van der Waals surface area contributed by atoms with Crippen molar-refractivity contribution in [3.63, 3.8) is 0 Å². The van der Waals surface area contributed by atoms with Crippen LogP contribution in [0.25, 0.3) is 11.5 Å². The highest BCUT2D eigenvalue weighted by molar-refractivity contribution is 5.57. The van der Waals surface area contributed by atoms with Gasteiger partial charge in [-0.25, -0.2) is 9.97 Å². The van der Waals surface area contributed by atoms with E-state index in [9.17, 15) is 0 Å². The molecule has 22 heavy (non-hydrogen) atoms. The van der Waals surface area contributed by atoms with Crippen LogP contribution in [-0.2, 0) is 0 Å². The standard InChI is InChI=1S/C17H22N4O/c1-22-15-12-20-16(14-9-5-6-10-18-14)21-17(15)19-11-13-7-3-2-4-8-13/h5-6,9-10,12-13H,2-4,7-8,11H2,1H3,(H,19,20,21). The number of methoxy groups -OCH3 is 1. The Morgan fingerprint density at radius 3 is 2.77 bits per heavy atom. The summed E-state index contributed by atoms with van der Waals surface area (Å²) in [5.41, 5.74) is 0.769. The van der Waals surface area contributed by atoms with Gasteiger partial charge in [0.25, 0.3) is 0 Å². The number of pyridine rings is 1. The quantitative estimate of drug-likeness (QED) is 0.915. The topological polar surface area (TPSA) is 59.9 Å². The Bertz CT molecular complexity index is 597. The summed E-state index contributed by atoms with van der Waals surface area (Å²) in [7, 11) is 1.64. The largest absolute Gasteiger partial charge is 0.491 e. The normalized spacial score (nSPS) is 15.5. The summed E-state index contributed by atoms with van der Waals surface area (Å²) < 4.78 is 5.37. The summed E-state index contributed by atoms with van der Waals surface area (Å²) in [6.07, 6.45) is 10.1. The minimum Gasteiger partial charge on any atom is -0.491 e. The second-order valence-corrected chi connectivity index (χ2v) is 5.71. The molecule has 1 N–H and O–H groups in total. The Hall–Kier alpha value is -2.17. The Morgan fingerprint density at radius 2 is 2.05 bits per heavy atom. The predicted octanol–water partition coefficient (Wildman–Crippen LogP) is 3.54. The lowest BCUT2D eigenvalue weighted by Crippen LogP contribution is -2.18. The zero-order chi connectivity index (χ0) is 15.2. The van der Waals surface area contributed by atoms with Gasteiger partial charge in [-0.05, 0) is 30.9 Å². The van der Waals surface area contributed by atoms with Crippen LogP contribution in [0.3, 0.4) is 0 Å². The third kappa shape index (κ3) is 3.53. The lowest BCUT2D eigenvalue weighted by molar-refractivity contribution is 0.371. The molecule has 0 saturated heterocycles. The van der Waals surface area contributed by atoms with E-state index in [1.807, 2.05) is 18.2 Å². The fourth-order valence-corrected chi connectivity index (χ4v) is 2.90. The Kier molecular flexibility index (Phi) is 4.83. The van der Waals surface area contributed by atoms with Gasteiger partial charge in [0.15, 0.2) is 17.4 Å². The number of ether oxygens (including phenoxy) is 1. The van der Waals surface area contributed by atoms with Crippen LogP contribution in [0, 0.1) is 5.92 Å². The SMILES string of the molecule is COc1cnc(-c2ccccn2)nc1NCC1CCCCC1. The Balaban J connectivity index is 1.76. The molecule has 0 spiro atoms. The number of hydrogen-bond donors (Lipinski definition) is 1. The first-order valence-corrected chi connectivity index (χ1v) is 7.93. The van der Waals surface area contributed by atoms with Crippen molar-refractivity contribution in [2.75, 3.05) is 19.0 Å². The van der Waals surface area contributed by atoms with Gasteiger partial charge in [0.05, 0.1) is 13.3 Å². The zero-order valence-corrected chi connectivity index (χ0v) is 13.0. The lowest BCUT2D eigenvalue weighted by atomic mass is 9.89. The average Bonchev–Trinajstić information content (AvgIpc) is 2.61. The van der Waals surface area contributed by atoms with Crippen LogP contribution in [0.4, 0.5) is 5.82 Å². The minimum absolute atomic E-state index is 0.618. The van der Waals surface area contributed by atoms with Crippen molar-refractivity contribution in [1.29, 1.82) is 0 Å². The molecule has 0 bridgehead atoms. The first-order chi connectivity index (χ1) is 10.9. The van der Waals surface area contributed by atoms with Crippen molar-refractivity contribution in [2.24, 2.45) is 5.92 Å². The van der Waals surface area contributed by atoms with E-state index < -0.39 is 0 Å². The van der Waals surface area contributed by atoms with Crippen molar-refractivity contribution in [1.82, 2.24) is 15.0 Å². The maximum Gasteiger partial charge on any atom is 0.180 e. The molecule has 0 atom stereocenters. The van der Waals surface area contributed by atoms with Gasteiger partial charge >= 0.3 is 0 Å². The van der Waals surface area contributed by atoms with Gasteiger partial charge in [-0.15, -0.1) is 0 Å². The molecule has 2 aromatic rings. The molecule has 0 radical (unpaired) electrons. The van der Waals surface area contributed by atoms with Crippen LogP contribution in [0.1, 0.15) is 32.1 Å². The molecule has 1 fully saturated rings. The minimum atomic E-state index is 0.618. The van der Waals surface area contributed by atoms with Crippen molar-refractivity contribution in [3.8, 4) is 17.3 Å². The van der Waals surface area contributed by atoms with Crippen molar-refractivity contribution in [3.05, 3.63) is 30.6 Å². The Labute approximate surface area is 131 Å². The smallest absolute Gasteiger partial charge is 0.180 e. The molecule has 3 rings (SSSR count). The van der Waals surface area contributed by atoms with E-state index in [0.717, 1.165) is 24.0 Å². The summed E-state index contributed by atoms with van der Waals surface area (Å²) in [6.45, 7) is 0.940. The maximum absolute atomic E-state index is 5.37. The van der Waals surface area contributed by atoms with Crippen LogP contribution >= 0.6 is 0 Å². The molecule has 116 valence electrons. The van der Waals surface area contributed by atoms with Gasteiger partial charge in [-0.1, -0.05) is 25.3 Å². The molecule has 2 aromatic heterocycles. The third-order valence-electron chi connectivity index (χ3n) is 4.15. The molecule has 1 aliphatic carbocycles. The highest BCUT2D eigenvalue weighted by Gasteiger charge is 2.15. The third-order valence-corrected chi connectivity index (χ3v) is 4.15. The molecule has 5 nitrogen and oxygen atoms in total. The van der Waals surface area contributed by atoms with Gasteiger partial charge in [-0.2, -0.15) is 0 Å². The van der Waals surface area contributed by atoms with E-state index in [1.165, 1.54) is 32.1 Å². The molecule has 0 amide bonds. The molecule has 2 heterocycles. The first kappa shape index (κ1) is 14.8. The van der Waals surface area contributed by atoms with Crippen LogP contribution in [0.5, 0.6) is 5.75 Å². The first-order valence-electron chi connectivity index (χ1n) is 7.93. The molecule has 0 aliphatic heterocycles. The highest BCUT2D eigenvalue weighted by Crippen LogP contribution is 2.27. The van der Waals surface area contributed by atoms with Crippen molar-refractivity contribution >= 4 is 5.82 Å². The Morgan fingerprint density at radius 1 is 1.18 bits per heavy atom. The van der Waals surface area contributed by atoms with E-state index in [4.69, 9.17) is 4.74 Å². The summed E-state index contributed by atoms with van der Waals surface area (Å²) >= 11 is 0. The van der Waals surface area contributed by atoms with Crippen LogP contribution in [0.2, 0.25) is 0 Å². The number of rotatable bonds is 5. The lowest BCUT2D eigenvalue weighted by Gasteiger charge is -2.22. The maximum atomic E-state index is 5.37. The van der Waals surface area contributed by atoms with Crippen molar-refractivity contribution in [2.45, 2.75) is 32.1 Å². The highest BCUT2D eigenvalue weighted by atomic mass is 16.5. The predicted molar refractivity (Wildman–Crippen MR) is 86.9 cm³/mol. The second-order valence-electron chi connectivity index (χ2n) is 5.71. The number of aromatic nitrogens is 3. The van der Waals surface area contributed by atoms with E-state index >= 15 is 0 Å². The summed E-state index contributed by atoms with van der Waals surface area (Å²) in [4.78, 5) is 13.2. The molecule has 5 heteroatoms. The molecule has 1 aliphatic rings. The molecule has 0 aromatic carbocycles. The van der Waals surface area contributed by atoms with E-state index in [0.29, 0.717) is 11.6 Å². The van der Waals surface area contributed by atoms with Crippen LogP contribution in [0.15, 0.2) is 30.6 Å². The fraction of sp³-hybridized carbons (Fsp3) is 0.471. The van der Waals surface area contributed by atoms with Gasteiger partial charge in [0.2, 0.25) is 0 Å². The second kappa shape index (κ2) is 7.20. The fourth-order valence-electron chi connectivity index (χ4n) is 2.90. The molecule has 1 saturated carbocycles. The molecular weight excluding hydrogens is 276 g/mol. The average molecular weight is 298 g/mol. The van der Waals surface area contributed by atoms with Gasteiger partial charge in [-0.3, -0.25) is 4.98 Å². The van der Waals surface area contributed by atoms with Crippen molar-refractivity contribution < 1.29 is 4.74 Å².